The van der Waals surface area contributed by atoms with Gasteiger partial charge in [-0.05, 0) is 51.2 Å². The second-order valence-electron chi connectivity index (χ2n) is 7.79. The number of anilines is 1. The Morgan fingerprint density at radius 3 is 2.54 bits per heavy atom. The fraction of sp³-hybridized carbons (Fsp3) is 0.650. The summed E-state index contributed by atoms with van der Waals surface area (Å²) < 4.78 is 0. The first-order valence-corrected chi connectivity index (χ1v) is 9.71. The van der Waals surface area contributed by atoms with Gasteiger partial charge in [0.1, 0.15) is 5.82 Å². The van der Waals surface area contributed by atoms with Gasteiger partial charge < -0.3 is 14.7 Å². The molecule has 0 aromatic carbocycles. The normalized spacial score (nSPS) is 18.7. The smallest absolute Gasteiger partial charge is 0.255 e. The lowest BCUT2D eigenvalue weighted by Crippen LogP contribution is -2.42. The standard InChI is InChI=1S/C20H30N4O2/c1-15(2)22(3)18-7-6-17(13-21-18)20(26)23-11-8-16(9-12-23)14-24-10-4-5-19(24)25/h6-7,13,15-16H,4-5,8-12,14H2,1-3H3. The number of pyridine rings is 1. The molecule has 1 aromatic rings. The average molecular weight is 358 g/mol. The number of likely N-dealkylation sites (tertiary alicyclic amines) is 2. The average Bonchev–Trinajstić information content (AvgIpc) is 3.06. The van der Waals surface area contributed by atoms with Crippen molar-refractivity contribution >= 4 is 17.6 Å². The number of rotatable bonds is 5. The molecule has 0 aliphatic carbocycles. The molecule has 2 saturated heterocycles. The van der Waals surface area contributed by atoms with E-state index in [1.807, 2.05) is 29.0 Å². The summed E-state index contributed by atoms with van der Waals surface area (Å²) in [5.41, 5.74) is 0.652. The van der Waals surface area contributed by atoms with E-state index in [1.54, 1.807) is 6.20 Å². The molecule has 0 saturated carbocycles. The second-order valence-corrected chi connectivity index (χ2v) is 7.79. The minimum Gasteiger partial charge on any atom is -0.357 e. The van der Waals surface area contributed by atoms with Gasteiger partial charge in [-0.25, -0.2) is 4.98 Å². The quantitative estimate of drug-likeness (QED) is 0.811. The lowest BCUT2D eigenvalue weighted by atomic mass is 9.96. The third-order valence-electron chi connectivity index (χ3n) is 5.68. The van der Waals surface area contributed by atoms with Gasteiger partial charge in [0.25, 0.3) is 5.91 Å². The van der Waals surface area contributed by atoms with Crippen molar-refractivity contribution < 1.29 is 9.59 Å². The Morgan fingerprint density at radius 2 is 2.00 bits per heavy atom. The number of aromatic nitrogens is 1. The van der Waals surface area contributed by atoms with Gasteiger partial charge in [-0.15, -0.1) is 0 Å². The number of carbonyl (C=O) groups excluding carboxylic acids is 2. The molecule has 1 aromatic heterocycles. The van der Waals surface area contributed by atoms with Crippen molar-refractivity contribution in [2.75, 3.05) is 38.1 Å². The molecule has 0 radical (unpaired) electrons. The minimum absolute atomic E-state index is 0.0620. The molecule has 2 aliphatic heterocycles. The Balaban J connectivity index is 1.52. The van der Waals surface area contributed by atoms with Crippen LogP contribution in [0.4, 0.5) is 5.82 Å². The summed E-state index contributed by atoms with van der Waals surface area (Å²) in [6.45, 7) is 7.51. The fourth-order valence-corrected chi connectivity index (χ4v) is 3.70. The van der Waals surface area contributed by atoms with Gasteiger partial charge in [0.2, 0.25) is 5.91 Å². The molecule has 0 unspecified atom stereocenters. The maximum absolute atomic E-state index is 12.7. The molecule has 2 fully saturated rings. The molecule has 0 bridgehead atoms. The van der Waals surface area contributed by atoms with E-state index in [0.717, 1.165) is 51.3 Å². The lowest BCUT2D eigenvalue weighted by Gasteiger charge is -2.34. The van der Waals surface area contributed by atoms with Crippen LogP contribution in [0, 0.1) is 5.92 Å². The summed E-state index contributed by atoms with van der Waals surface area (Å²) in [6.07, 6.45) is 5.32. The maximum atomic E-state index is 12.7. The van der Waals surface area contributed by atoms with Gasteiger partial charge >= 0.3 is 0 Å². The molecule has 6 heteroatoms. The van der Waals surface area contributed by atoms with Crippen molar-refractivity contribution in [3.05, 3.63) is 23.9 Å². The second kappa shape index (κ2) is 8.06. The zero-order valence-corrected chi connectivity index (χ0v) is 16.1. The van der Waals surface area contributed by atoms with Crippen LogP contribution in [-0.2, 0) is 4.79 Å². The zero-order valence-electron chi connectivity index (χ0n) is 16.1. The summed E-state index contributed by atoms with van der Waals surface area (Å²) in [6, 6.07) is 4.16. The van der Waals surface area contributed by atoms with Crippen molar-refractivity contribution in [1.82, 2.24) is 14.8 Å². The first-order valence-electron chi connectivity index (χ1n) is 9.71. The summed E-state index contributed by atoms with van der Waals surface area (Å²) in [4.78, 5) is 34.9. The molecule has 3 rings (SSSR count). The third kappa shape index (κ3) is 4.17. The maximum Gasteiger partial charge on any atom is 0.255 e. The highest BCUT2D eigenvalue weighted by Crippen LogP contribution is 2.22. The number of nitrogens with zero attached hydrogens (tertiary/aromatic N) is 4. The van der Waals surface area contributed by atoms with Crippen molar-refractivity contribution in [2.45, 2.75) is 45.6 Å². The Bertz CT molecular complexity index is 636. The summed E-state index contributed by atoms with van der Waals surface area (Å²) >= 11 is 0. The van der Waals surface area contributed by atoms with E-state index in [-0.39, 0.29) is 5.91 Å². The minimum atomic E-state index is 0.0620. The van der Waals surface area contributed by atoms with Crippen LogP contribution < -0.4 is 4.90 Å². The molecule has 142 valence electrons. The van der Waals surface area contributed by atoms with Crippen LogP contribution >= 0.6 is 0 Å². The predicted molar refractivity (Wildman–Crippen MR) is 102 cm³/mol. The fourth-order valence-electron chi connectivity index (χ4n) is 3.70. The Kier molecular flexibility index (Phi) is 5.79. The van der Waals surface area contributed by atoms with E-state index in [4.69, 9.17) is 0 Å². The van der Waals surface area contributed by atoms with Gasteiger partial charge in [-0.3, -0.25) is 9.59 Å². The number of hydrogen-bond acceptors (Lipinski definition) is 4. The van der Waals surface area contributed by atoms with E-state index < -0.39 is 0 Å². The van der Waals surface area contributed by atoms with Crippen LogP contribution in [0.1, 0.15) is 49.9 Å². The van der Waals surface area contributed by atoms with Crippen LogP contribution in [0.3, 0.4) is 0 Å². The molecule has 0 atom stereocenters. The first-order chi connectivity index (χ1) is 12.5. The van der Waals surface area contributed by atoms with Crippen LogP contribution in [0.2, 0.25) is 0 Å². The van der Waals surface area contributed by atoms with Gasteiger partial charge in [-0.2, -0.15) is 0 Å². The van der Waals surface area contributed by atoms with E-state index in [9.17, 15) is 9.59 Å². The molecule has 2 aliphatic rings. The summed E-state index contributed by atoms with van der Waals surface area (Å²) in [5, 5.41) is 0. The highest BCUT2D eigenvalue weighted by molar-refractivity contribution is 5.94. The van der Waals surface area contributed by atoms with Crippen molar-refractivity contribution in [3.8, 4) is 0 Å². The Hall–Kier alpha value is -2.11. The Morgan fingerprint density at radius 1 is 1.27 bits per heavy atom. The molecule has 6 nitrogen and oxygen atoms in total. The van der Waals surface area contributed by atoms with E-state index in [0.29, 0.717) is 29.9 Å². The highest BCUT2D eigenvalue weighted by Gasteiger charge is 2.28. The van der Waals surface area contributed by atoms with Gasteiger partial charge in [0.15, 0.2) is 0 Å². The van der Waals surface area contributed by atoms with Crippen molar-refractivity contribution in [2.24, 2.45) is 5.92 Å². The van der Waals surface area contributed by atoms with Gasteiger partial charge in [0, 0.05) is 51.9 Å². The first kappa shape index (κ1) is 18.7. The summed E-state index contributed by atoms with van der Waals surface area (Å²) in [5.74, 6) is 1.75. The summed E-state index contributed by atoms with van der Waals surface area (Å²) in [7, 11) is 2.00. The van der Waals surface area contributed by atoms with Crippen LogP contribution in [0.25, 0.3) is 0 Å². The number of amides is 2. The predicted octanol–water partition coefficient (Wildman–Crippen LogP) is 2.40. The van der Waals surface area contributed by atoms with Crippen LogP contribution in [0.5, 0.6) is 0 Å². The van der Waals surface area contributed by atoms with Gasteiger partial charge in [-0.1, -0.05) is 0 Å². The van der Waals surface area contributed by atoms with Crippen LogP contribution in [0.15, 0.2) is 18.3 Å². The number of carbonyl (C=O) groups is 2. The zero-order chi connectivity index (χ0) is 18.7. The van der Waals surface area contributed by atoms with E-state index >= 15 is 0 Å². The lowest BCUT2D eigenvalue weighted by molar-refractivity contribution is -0.128. The van der Waals surface area contributed by atoms with Crippen molar-refractivity contribution in [3.63, 3.8) is 0 Å². The number of hydrogen-bond donors (Lipinski definition) is 0. The largest absolute Gasteiger partial charge is 0.357 e. The molecule has 0 N–H and O–H groups in total. The van der Waals surface area contributed by atoms with Gasteiger partial charge in [0.05, 0.1) is 5.56 Å². The third-order valence-corrected chi connectivity index (χ3v) is 5.68. The molecular formula is C20H30N4O2. The SMILES string of the molecule is CC(C)N(C)c1ccc(C(=O)N2CCC(CN3CCCC3=O)CC2)cn1. The molecule has 3 heterocycles. The van der Waals surface area contributed by atoms with E-state index in [1.165, 1.54) is 0 Å². The molecule has 2 amide bonds. The monoisotopic (exact) mass is 358 g/mol. The van der Waals surface area contributed by atoms with Crippen molar-refractivity contribution in [1.29, 1.82) is 0 Å². The Labute approximate surface area is 156 Å². The van der Waals surface area contributed by atoms with E-state index in [2.05, 4.69) is 23.7 Å². The topological polar surface area (TPSA) is 56.8 Å². The highest BCUT2D eigenvalue weighted by atomic mass is 16.2. The van der Waals surface area contributed by atoms with Crippen LogP contribution in [-0.4, -0.2) is 65.9 Å². The molecular weight excluding hydrogens is 328 g/mol. The number of piperidine rings is 1. The molecule has 26 heavy (non-hydrogen) atoms. The molecule has 0 spiro atoms.